The third-order valence-corrected chi connectivity index (χ3v) is 3.98. The Balaban J connectivity index is 2.01. The van der Waals surface area contributed by atoms with Crippen LogP contribution in [0.5, 0.6) is 0 Å². The SMILES string of the molecule is Clc1ccc(C2=Nc3ccccc3CS2)cc1. The van der Waals surface area contributed by atoms with Crippen LogP contribution in [0.3, 0.4) is 0 Å². The summed E-state index contributed by atoms with van der Waals surface area (Å²) >= 11 is 7.66. The molecule has 0 fully saturated rings. The summed E-state index contributed by atoms with van der Waals surface area (Å²) in [5, 5.41) is 1.83. The minimum atomic E-state index is 0.760. The Morgan fingerprint density at radius 1 is 1.00 bits per heavy atom. The van der Waals surface area contributed by atoms with Gasteiger partial charge in [-0.3, -0.25) is 0 Å². The van der Waals surface area contributed by atoms with Gasteiger partial charge in [-0.05, 0) is 23.8 Å². The zero-order valence-corrected chi connectivity index (χ0v) is 10.6. The van der Waals surface area contributed by atoms with Crippen LogP contribution in [0.15, 0.2) is 53.5 Å². The van der Waals surface area contributed by atoms with E-state index in [1.54, 1.807) is 11.8 Å². The van der Waals surface area contributed by atoms with E-state index in [2.05, 4.69) is 23.2 Å². The molecule has 2 aromatic carbocycles. The molecule has 1 heterocycles. The van der Waals surface area contributed by atoms with Gasteiger partial charge in [0.05, 0.1) is 5.69 Å². The number of hydrogen-bond acceptors (Lipinski definition) is 2. The summed E-state index contributed by atoms with van der Waals surface area (Å²) in [6.45, 7) is 0. The number of hydrogen-bond donors (Lipinski definition) is 0. The van der Waals surface area contributed by atoms with Crippen LogP contribution >= 0.6 is 23.4 Å². The van der Waals surface area contributed by atoms with Crippen LogP contribution in [0.1, 0.15) is 11.1 Å². The predicted octanol–water partition coefficient (Wildman–Crippen LogP) is 4.67. The number of rotatable bonds is 1. The number of benzene rings is 2. The lowest BCUT2D eigenvalue weighted by molar-refractivity contribution is 1.35. The highest BCUT2D eigenvalue weighted by Gasteiger charge is 2.13. The zero-order valence-electron chi connectivity index (χ0n) is 9.06. The van der Waals surface area contributed by atoms with Gasteiger partial charge in [-0.2, -0.15) is 0 Å². The molecule has 1 aliphatic heterocycles. The molecular formula is C14H10ClNS. The van der Waals surface area contributed by atoms with Crippen LogP contribution in [0.2, 0.25) is 5.02 Å². The number of para-hydroxylation sites is 1. The number of fused-ring (bicyclic) bond motifs is 1. The van der Waals surface area contributed by atoms with Gasteiger partial charge >= 0.3 is 0 Å². The molecule has 17 heavy (non-hydrogen) atoms. The third kappa shape index (κ3) is 2.24. The average molecular weight is 260 g/mol. The Morgan fingerprint density at radius 3 is 2.59 bits per heavy atom. The molecule has 0 atom stereocenters. The van der Waals surface area contributed by atoms with Crippen molar-refractivity contribution in [3.05, 3.63) is 64.7 Å². The Morgan fingerprint density at radius 2 is 1.76 bits per heavy atom. The van der Waals surface area contributed by atoms with Crippen LogP contribution in [0.4, 0.5) is 5.69 Å². The fourth-order valence-corrected chi connectivity index (χ4v) is 2.90. The van der Waals surface area contributed by atoms with Crippen molar-refractivity contribution in [2.75, 3.05) is 0 Å². The average Bonchev–Trinajstić information content (AvgIpc) is 2.39. The van der Waals surface area contributed by atoms with Crippen LogP contribution in [0, 0.1) is 0 Å². The Bertz CT molecular complexity index is 575. The van der Waals surface area contributed by atoms with Crippen LogP contribution < -0.4 is 0 Å². The molecule has 0 N–H and O–H groups in total. The molecule has 1 nitrogen and oxygen atoms in total. The minimum Gasteiger partial charge on any atom is -0.241 e. The molecule has 3 heteroatoms. The van der Waals surface area contributed by atoms with Gasteiger partial charge in [0.25, 0.3) is 0 Å². The van der Waals surface area contributed by atoms with Crippen LogP contribution in [0.25, 0.3) is 0 Å². The molecule has 0 unspecified atom stereocenters. The van der Waals surface area contributed by atoms with Gasteiger partial charge in [0.15, 0.2) is 0 Å². The van der Waals surface area contributed by atoms with Gasteiger partial charge < -0.3 is 0 Å². The molecule has 1 aliphatic rings. The maximum absolute atomic E-state index is 5.88. The number of thioether (sulfide) groups is 1. The van der Waals surface area contributed by atoms with Crippen molar-refractivity contribution in [1.29, 1.82) is 0 Å². The molecule has 0 saturated heterocycles. The molecule has 0 saturated carbocycles. The lowest BCUT2D eigenvalue weighted by atomic mass is 10.2. The second kappa shape index (κ2) is 4.55. The molecule has 84 valence electrons. The first-order valence-electron chi connectivity index (χ1n) is 5.38. The zero-order chi connectivity index (χ0) is 11.7. The van der Waals surface area contributed by atoms with Crippen molar-refractivity contribution in [2.45, 2.75) is 5.75 Å². The first kappa shape index (κ1) is 10.9. The lowest BCUT2D eigenvalue weighted by Gasteiger charge is -2.14. The van der Waals surface area contributed by atoms with Crippen molar-refractivity contribution in [3.63, 3.8) is 0 Å². The highest BCUT2D eigenvalue weighted by atomic mass is 35.5. The van der Waals surface area contributed by atoms with E-state index in [1.807, 2.05) is 30.3 Å². The van der Waals surface area contributed by atoms with E-state index in [1.165, 1.54) is 5.56 Å². The van der Waals surface area contributed by atoms with Gasteiger partial charge in [0.2, 0.25) is 0 Å². The monoisotopic (exact) mass is 259 g/mol. The van der Waals surface area contributed by atoms with Crippen molar-refractivity contribution >= 4 is 34.1 Å². The molecule has 2 aromatic rings. The molecule has 0 bridgehead atoms. The highest BCUT2D eigenvalue weighted by Crippen LogP contribution is 2.33. The van der Waals surface area contributed by atoms with E-state index in [0.29, 0.717) is 0 Å². The number of aliphatic imine (C=N–C) groups is 1. The quantitative estimate of drug-likeness (QED) is 0.725. The van der Waals surface area contributed by atoms with E-state index < -0.39 is 0 Å². The van der Waals surface area contributed by atoms with Crippen molar-refractivity contribution in [3.8, 4) is 0 Å². The summed E-state index contributed by atoms with van der Waals surface area (Å²) in [6, 6.07) is 16.1. The van der Waals surface area contributed by atoms with Crippen molar-refractivity contribution in [2.24, 2.45) is 4.99 Å². The third-order valence-electron chi connectivity index (χ3n) is 2.67. The fourth-order valence-electron chi connectivity index (χ4n) is 1.77. The number of halogens is 1. The summed E-state index contributed by atoms with van der Waals surface area (Å²) in [4.78, 5) is 4.68. The first-order chi connectivity index (χ1) is 8.33. The first-order valence-corrected chi connectivity index (χ1v) is 6.74. The van der Waals surface area contributed by atoms with Crippen LogP contribution in [-0.4, -0.2) is 5.04 Å². The van der Waals surface area contributed by atoms with Gasteiger partial charge in [-0.25, -0.2) is 4.99 Å². The van der Waals surface area contributed by atoms with E-state index in [-0.39, 0.29) is 0 Å². The summed E-state index contributed by atoms with van der Waals surface area (Å²) in [6.07, 6.45) is 0. The van der Waals surface area contributed by atoms with Crippen molar-refractivity contribution < 1.29 is 0 Å². The van der Waals surface area contributed by atoms with Crippen molar-refractivity contribution in [1.82, 2.24) is 0 Å². The normalized spacial score (nSPS) is 14.1. The maximum atomic E-state index is 5.88. The van der Waals surface area contributed by atoms with Gasteiger partial charge in [-0.15, -0.1) is 11.8 Å². The topological polar surface area (TPSA) is 12.4 Å². The highest BCUT2D eigenvalue weighted by molar-refractivity contribution is 8.13. The standard InChI is InChI=1S/C14H10ClNS/c15-12-7-5-10(6-8-12)14-16-13-4-2-1-3-11(13)9-17-14/h1-8H,9H2. The summed E-state index contributed by atoms with van der Waals surface area (Å²) < 4.78 is 0. The predicted molar refractivity (Wildman–Crippen MR) is 75.4 cm³/mol. The van der Waals surface area contributed by atoms with E-state index in [9.17, 15) is 0 Å². The van der Waals surface area contributed by atoms with E-state index in [0.717, 1.165) is 27.1 Å². The van der Waals surface area contributed by atoms with Gasteiger partial charge in [0, 0.05) is 16.3 Å². The molecule has 0 spiro atoms. The smallest absolute Gasteiger partial charge is 0.104 e. The molecule has 0 radical (unpaired) electrons. The molecule has 0 amide bonds. The molecule has 3 rings (SSSR count). The van der Waals surface area contributed by atoms with Gasteiger partial charge in [0.1, 0.15) is 5.04 Å². The summed E-state index contributed by atoms with van der Waals surface area (Å²) in [7, 11) is 0. The van der Waals surface area contributed by atoms with Gasteiger partial charge in [-0.1, -0.05) is 41.9 Å². The van der Waals surface area contributed by atoms with E-state index >= 15 is 0 Å². The van der Waals surface area contributed by atoms with E-state index in [4.69, 9.17) is 11.6 Å². The minimum absolute atomic E-state index is 0.760. The fraction of sp³-hybridized carbons (Fsp3) is 0.0714. The Labute approximate surface area is 110 Å². The second-order valence-corrected chi connectivity index (χ2v) is 5.24. The molecule has 0 aliphatic carbocycles. The Hall–Kier alpha value is -1.25. The summed E-state index contributed by atoms with van der Waals surface area (Å²) in [5.74, 6) is 0.984. The summed E-state index contributed by atoms with van der Waals surface area (Å²) in [5.41, 5.74) is 3.51. The van der Waals surface area contributed by atoms with Crippen LogP contribution in [-0.2, 0) is 5.75 Å². The lowest BCUT2D eigenvalue weighted by Crippen LogP contribution is -2.00. The second-order valence-electron chi connectivity index (χ2n) is 3.84. The Kier molecular flexibility index (Phi) is 2.91. The molecular weight excluding hydrogens is 250 g/mol. The maximum Gasteiger partial charge on any atom is 0.104 e. The molecule has 0 aromatic heterocycles. The largest absolute Gasteiger partial charge is 0.241 e. The number of nitrogens with zero attached hydrogens (tertiary/aromatic N) is 1.